The molecule has 0 spiro atoms. The summed E-state index contributed by atoms with van der Waals surface area (Å²) in [7, 11) is 1.71. The number of furan rings is 1. The van der Waals surface area contributed by atoms with Crippen LogP contribution in [0.25, 0.3) is 11.2 Å². The minimum absolute atomic E-state index is 0.242. The van der Waals surface area contributed by atoms with Gasteiger partial charge in [-0.3, -0.25) is 4.79 Å². The minimum Gasteiger partial charge on any atom is -0.453 e. The van der Waals surface area contributed by atoms with Gasteiger partial charge in [-0.2, -0.15) is 0 Å². The van der Waals surface area contributed by atoms with E-state index < -0.39 is 29.1 Å². The molecular weight excluding hydrogens is 412 g/mol. The van der Waals surface area contributed by atoms with Crippen molar-refractivity contribution in [1.82, 2.24) is 19.5 Å². The molecule has 3 aromatic heterocycles. The summed E-state index contributed by atoms with van der Waals surface area (Å²) in [5, 5.41) is 24.9. The van der Waals surface area contributed by atoms with Crippen LogP contribution in [0.4, 0.5) is 5.82 Å². The molecule has 10 nitrogen and oxygen atoms in total. The molecule has 2 aliphatic carbocycles. The lowest BCUT2D eigenvalue weighted by atomic mass is 9.84. The van der Waals surface area contributed by atoms with E-state index in [4.69, 9.17) is 10.2 Å². The molecule has 4 unspecified atom stereocenters. The van der Waals surface area contributed by atoms with Gasteiger partial charge in [0.15, 0.2) is 22.7 Å². The molecule has 2 saturated carbocycles. The second kappa shape index (κ2) is 6.54. The van der Waals surface area contributed by atoms with Crippen molar-refractivity contribution in [2.75, 3.05) is 12.4 Å². The van der Waals surface area contributed by atoms with Gasteiger partial charge in [0, 0.05) is 13.0 Å². The second-order valence-electron chi connectivity index (χ2n) is 8.80. The quantitative estimate of drug-likeness (QED) is 0.436. The highest BCUT2D eigenvalue weighted by molar-refractivity contribution is 5.88. The zero-order valence-corrected chi connectivity index (χ0v) is 18.2. The fraction of sp³-hybridized carbons (Fsp3) is 0.455. The van der Waals surface area contributed by atoms with E-state index >= 15 is 0 Å². The van der Waals surface area contributed by atoms with Gasteiger partial charge in [-0.05, 0) is 50.7 Å². The van der Waals surface area contributed by atoms with E-state index in [0.29, 0.717) is 29.2 Å². The predicted octanol–water partition coefficient (Wildman–Crippen LogP) is 0.636. The zero-order chi connectivity index (χ0) is 23.0. The fourth-order valence-corrected chi connectivity index (χ4v) is 5.09. The Labute approximate surface area is 183 Å². The Bertz CT molecular complexity index is 1310. The third kappa shape index (κ3) is 2.55. The number of aliphatic hydroxyl groups is 2. The minimum atomic E-state index is -1.65. The van der Waals surface area contributed by atoms with Crippen molar-refractivity contribution in [1.29, 1.82) is 0 Å². The van der Waals surface area contributed by atoms with E-state index in [1.165, 1.54) is 13.3 Å². The Morgan fingerprint density at radius 3 is 2.72 bits per heavy atom. The molecule has 32 heavy (non-hydrogen) atoms. The Balaban J connectivity index is 1.61. The maximum absolute atomic E-state index is 12.2. The van der Waals surface area contributed by atoms with Crippen LogP contribution in [-0.4, -0.2) is 54.4 Å². The number of nitrogens with zero attached hydrogens (tertiary/aromatic N) is 4. The molecule has 0 bridgehead atoms. The lowest BCUT2D eigenvalue weighted by Crippen LogP contribution is -2.50. The van der Waals surface area contributed by atoms with Gasteiger partial charge in [0.25, 0.3) is 0 Å². The van der Waals surface area contributed by atoms with Crippen LogP contribution in [0.15, 0.2) is 16.8 Å². The molecule has 2 aliphatic rings. The number of primary amides is 1. The van der Waals surface area contributed by atoms with Crippen molar-refractivity contribution in [3.63, 3.8) is 0 Å². The fourth-order valence-electron chi connectivity index (χ4n) is 5.09. The SMILES string of the molecule is CNc1nc(C#Cc2cc(C)c(C)o2)nc2c1ncn2C1C(O)C(C)(O)C2(C(N)=O)C[C@H]12. The standard InChI is InChI=1S/C22H24N6O4/c1-10-7-12(32-11(10)2)5-6-14-26-18(24-4)15-19(27-14)28(9-25-15)16-13-8-22(13,20(23)30)21(3,31)17(16)29/h7,9,13,16-17,29,31H,8H2,1-4H3,(H2,23,30)(H,24,26,27)/t13-,16?,17?,21?,22?/m1/s1. The smallest absolute Gasteiger partial charge is 0.227 e. The van der Waals surface area contributed by atoms with Gasteiger partial charge in [-0.15, -0.1) is 0 Å². The van der Waals surface area contributed by atoms with Crippen LogP contribution in [0.2, 0.25) is 0 Å². The average molecular weight is 436 g/mol. The normalized spacial score (nSPS) is 30.6. The summed E-state index contributed by atoms with van der Waals surface area (Å²) in [5.41, 5.74) is 4.74. The van der Waals surface area contributed by atoms with Gasteiger partial charge in [-0.1, -0.05) is 0 Å². The summed E-state index contributed by atoms with van der Waals surface area (Å²) in [6.07, 6.45) is 0.711. The maximum Gasteiger partial charge on any atom is 0.227 e. The summed E-state index contributed by atoms with van der Waals surface area (Å²) in [6, 6.07) is 1.23. The molecule has 0 saturated heterocycles. The first-order chi connectivity index (χ1) is 15.1. The molecule has 3 aromatic rings. The van der Waals surface area contributed by atoms with Gasteiger partial charge in [-0.25, -0.2) is 15.0 Å². The van der Waals surface area contributed by atoms with Crippen molar-refractivity contribution < 1.29 is 19.4 Å². The largest absolute Gasteiger partial charge is 0.453 e. The van der Waals surface area contributed by atoms with Crippen LogP contribution < -0.4 is 11.1 Å². The lowest BCUT2D eigenvalue weighted by molar-refractivity contribution is -0.142. The molecule has 1 amide bonds. The van der Waals surface area contributed by atoms with E-state index in [1.54, 1.807) is 11.6 Å². The summed E-state index contributed by atoms with van der Waals surface area (Å²) in [6.45, 7) is 5.27. The predicted molar refractivity (Wildman–Crippen MR) is 114 cm³/mol. The van der Waals surface area contributed by atoms with Gasteiger partial charge < -0.3 is 30.2 Å². The second-order valence-corrected chi connectivity index (χ2v) is 8.80. The molecule has 0 aliphatic heterocycles. The molecule has 2 fully saturated rings. The number of hydrogen-bond acceptors (Lipinski definition) is 8. The van der Waals surface area contributed by atoms with Gasteiger partial charge in [0.05, 0.1) is 17.8 Å². The molecule has 0 aromatic carbocycles. The highest BCUT2D eigenvalue weighted by atomic mass is 16.3. The summed E-state index contributed by atoms with van der Waals surface area (Å²) < 4.78 is 7.28. The van der Waals surface area contributed by atoms with Gasteiger partial charge >= 0.3 is 0 Å². The van der Waals surface area contributed by atoms with Crippen LogP contribution in [-0.2, 0) is 4.79 Å². The van der Waals surface area contributed by atoms with E-state index in [1.807, 2.05) is 19.9 Å². The Kier molecular flexibility index (Phi) is 4.19. The number of amides is 1. The van der Waals surface area contributed by atoms with Crippen LogP contribution in [0.5, 0.6) is 0 Å². The number of carbonyl (C=O) groups is 1. The third-order valence-corrected chi connectivity index (χ3v) is 7.11. The maximum atomic E-state index is 12.2. The zero-order valence-electron chi connectivity index (χ0n) is 18.2. The van der Waals surface area contributed by atoms with Gasteiger partial charge in [0.2, 0.25) is 11.7 Å². The highest BCUT2D eigenvalue weighted by Crippen LogP contribution is 2.71. The molecule has 3 heterocycles. The Hall–Kier alpha value is -3.42. The van der Waals surface area contributed by atoms with Crippen LogP contribution in [0.3, 0.4) is 0 Å². The lowest BCUT2D eigenvalue weighted by Gasteiger charge is -2.32. The molecule has 5 N–H and O–H groups in total. The third-order valence-electron chi connectivity index (χ3n) is 7.11. The average Bonchev–Trinajstić information content (AvgIpc) is 3.19. The molecule has 166 valence electrons. The van der Waals surface area contributed by atoms with E-state index in [-0.39, 0.29) is 11.7 Å². The number of nitrogens with two attached hydrogens (primary N) is 1. The summed E-state index contributed by atoms with van der Waals surface area (Å²) >= 11 is 0. The molecule has 5 atom stereocenters. The van der Waals surface area contributed by atoms with Crippen molar-refractivity contribution in [3.8, 4) is 11.8 Å². The first kappa shape index (κ1) is 20.5. The van der Waals surface area contributed by atoms with Crippen molar-refractivity contribution in [2.24, 2.45) is 17.1 Å². The monoisotopic (exact) mass is 436 g/mol. The number of fused-ring (bicyclic) bond motifs is 2. The number of aryl methyl sites for hydroxylation is 2. The number of aliphatic hydroxyl groups excluding tert-OH is 1. The number of imidazole rings is 1. The van der Waals surface area contributed by atoms with Crippen molar-refractivity contribution >= 4 is 22.9 Å². The molecule has 5 rings (SSSR count). The molecular formula is C22H24N6O4. The number of rotatable bonds is 3. The van der Waals surface area contributed by atoms with E-state index in [0.717, 1.165) is 11.3 Å². The van der Waals surface area contributed by atoms with E-state index in [9.17, 15) is 15.0 Å². The Morgan fingerprint density at radius 2 is 2.12 bits per heavy atom. The Morgan fingerprint density at radius 1 is 1.38 bits per heavy atom. The number of carbonyl (C=O) groups excluding carboxylic acids is 1. The van der Waals surface area contributed by atoms with Crippen LogP contribution in [0.1, 0.15) is 42.3 Å². The number of hydrogen-bond donors (Lipinski definition) is 4. The molecule has 10 heteroatoms. The van der Waals surface area contributed by atoms with Crippen LogP contribution >= 0.6 is 0 Å². The van der Waals surface area contributed by atoms with Crippen LogP contribution in [0, 0.1) is 37.0 Å². The number of anilines is 1. The molecule has 0 radical (unpaired) electrons. The number of aromatic nitrogens is 4. The first-order valence-electron chi connectivity index (χ1n) is 10.3. The number of nitrogens with one attached hydrogen (secondary N) is 1. The van der Waals surface area contributed by atoms with Crippen molar-refractivity contribution in [3.05, 3.63) is 35.3 Å². The van der Waals surface area contributed by atoms with E-state index in [2.05, 4.69) is 32.1 Å². The first-order valence-corrected chi connectivity index (χ1v) is 10.3. The topological polar surface area (TPSA) is 152 Å². The summed E-state index contributed by atoms with van der Waals surface area (Å²) in [5.74, 6) is 6.94. The highest BCUT2D eigenvalue weighted by Gasteiger charge is 2.80. The van der Waals surface area contributed by atoms with Gasteiger partial charge in [0.1, 0.15) is 17.5 Å². The van der Waals surface area contributed by atoms with Crippen molar-refractivity contribution in [2.45, 2.75) is 44.9 Å². The summed E-state index contributed by atoms with van der Waals surface area (Å²) in [4.78, 5) is 25.6.